The van der Waals surface area contributed by atoms with Gasteiger partial charge in [-0.1, -0.05) is 60.7 Å². The van der Waals surface area contributed by atoms with Crippen LogP contribution in [0.25, 0.3) is 0 Å². The average molecular weight is 438 g/mol. The minimum Gasteiger partial charge on any atom is -0.481 e. The van der Waals surface area contributed by atoms with Gasteiger partial charge >= 0.3 is 23.8 Å². The average Bonchev–Trinajstić information content (AvgIpc) is 2.79. The Labute approximate surface area is 183 Å². The predicted molar refractivity (Wildman–Crippen MR) is 116 cm³/mol. The molecule has 0 radical (unpaired) electrons. The molecule has 10 heteroatoms. The van der Waals surface area contributed by atoms with Crippen molar-refractivity contribution in [3.8, 4) is 0 Å². The number of rotatable bonds is 10. The lowest BCUT2D eigenvalue weighted by Crippen LogP contribution is -2.36. The highest BCUT2D eigenvalue weighted by molar-refractivity contribution is 6.35. The van der Waals surface area contributed by atoms with Crippen LogP contribution in [0.5, 0.6) is 0 Å². The maximum absolute atomic E-state index is 12.1. The van der Waals surface area contributed by atoms with Gasteiger partial charge in [-0.3, -0.25) is 19.2 Å². The number of benzene rings is 2. The molecule has 0 aliphatic rings. The Morgan fingerprint density at radius 2 is 0.938 bits per heavy atom. The SMILES string of the molecule is O=C(O)CCC(=NNC(=O)C(=O)NN=C(CCC(=O)O)c1ccccc1)c1ccccc1. The number of carboxylic acid groups (broad SMARTS) is 2. The maximum Gasteiger partial charge on any atom is 0.331 e. The molecule has 166 valence electrons. The molecule has 0 saturated carbocycles. The minimum absolute atomic E-state index is 0.0484. The summed E-state index contributed by atoms with van der Waals surface area (Å²) >= 11 is 0. The van der Waals surface area contributed by atoms with Gasteiger partial charge in [-0.2, -0.15) is 10.2 Å². The summed E-state index contributed by atoms with van der Waals surface area (Å²) in [6.45, 7) is 0. The van der Waals surface area contributed by atoms with Gasteiger partial charge in [0.1, 0.15) is 0 Å². The standard InChI is InChI=1S/C22H22N4O6/c27-19(28)13-11-17(15-7-3-1-4-8-15)23-25-21(31)22(32)26-24-18(12-14-20(29)30)16-9-5-2-6-10-16/h1-10H,11-14H2,(H,25,31)(H,26,32)(H,27,28)(H,29,30). The summed E-state index contributed by atoms with van der Waals surface area (Å²) in [6.07, 6.45) is -0.312. The highest BCUT2D eigenvalue weighted by Crippen LogP contribution is 2.07. The number of carbonyl (C=O) groups is 4. The molecule has 2 amide bonds. The normalized spacial score (nSPS) is 11.5. The molecule has 0 aromatic heterocycles. The predicted octanol–water partition coefficient (Wildman–Crippen LogP) is 1.76. The van der Waals surface area contributed by atoms with Crippen molar-refractivity contribution in [2.24, 2.45) is 10.2 Å². The molecule has 32 heavy (non-hydrogen) atoms. The van der Waals surface area contributed by atoms with Gasteiger partial charge in [0.15, 0.2) is 0 Å². The second-order valence-electron chi connectivity index (χ2n) is 6.52. The Morgan fingerprint density at radius 1 is 0.594 bits per heavy atom. The van der Waals surface area contributed by atoms with Crippen molar-refractivity contribution in [2.75, 3.05) is 0 Å². The van der Waals surface area contributed by atoms with E-state index in [-0.39, 0.29) is 25.7 Å². The second-order valence-corrected chi connectivity index (χ2v) is 6.52. The van der Waals surface area contributed by atoms with Crippen LogP contribution in [0.15, 0.2) is 70.9 Å². The van der Waals surface area contributed by atoms with Crippen LogP contribution >= 0.6 is 0 Å². The molecule has 2 rings (SSSR count). The zero-order chi connectivity index (χ0) is 23.3. The number of nitrogens with zero attached hydrogens (tertiary/aromatic N) is 2. The summed E-state index contributed by atoms with van der Waals surface area (Å²) < 4.78 is 0. The van der Waals surface area contributed by atoms with Gasteiger partial charge in [-0.25, -0.2) is 10.9 Å². The van der Waals surface area contributed by atoms with Crippen LogP contribution in [-0.4, -0.2) is 45.4 Å². The number of nitrogens with one attached hydrogen (secondary N) is 2. The lowest BCUT2D eigenvalue weighted by atomic mass is 10.1. The van der Waals surface area contributed by atoms with E-state index in [1.165, 1.54) is 0 Å². The summed E-state index contributed by atoms with van der Waals surface area (Å²) in [5.41, 5.74) is 6.00. The van der Waals surface area contributed by atoms with E-state index >= 15 is 0 Å². The van der Waals surface area contributed by atoms with E-state index in [4.69, 9.17) is 10.2 Å². The van der Waals surface area contributed by atoms with Crippen LogP contribution in [0, 0.1) is 0 Å². The van der Waals surface area contributed by atoms with Gasteiger partial charge in [-0.05, 0) is 11.1 Å². The van der Waals surface area contributed by atoms with E-state index in [2.05, 4.69) is 21.1 Å². The highest BCUT2D eigenvalue weighted by atomic mass is 16.4. The van der Waals surface area contributed by atoms with Gasteiger partial charge < -0.3 is 10.2 Å². The summed E-state index contributed by atoms with van der Waals surface area (Å²) in [5.74, 6) is -4.27. The van der Waals surface area contributed by atoms with Crippen LogP contribution in [0.4, 0.5) is 0 Å². The Morgan fingerprint density at radius 3 is 1.25 bits per heavy atom. The van der Waals surface area contributed by atoms with Crippen LogP contribution in [0.3, 0.4) is 0 Å². The van der Waals surface area contributed by atoms with E-state index < -0.39 is 23.8 Å². The van der Waals surface area contributed by atoms with Crippen molar-refractivity contribution in [2.45, 2.75) is 25.7 Å². The molecule has 0 aliphatic heterocycles. The molecule has 0 unspecified atom stereocenters. The maximum atomic E-state index is 12.1. The zero-order valence-electron chi connectivity index (χ0n) is 17.0. The smallest absolute Gasteiger partial charge is 0.331 e. The molecule has 0 spiro atoms. The summed E-state index contributed by atoms with van der Waals surface area (Å²) in [5, 5.41) is 25.6. The van der Waals surface area contributed by atoms with Crippen LogP contribution in [-0.2, 0) is 19.2 Å². The molecule has 0 bridgehead atoms. The molecule has 0 fully saturated rings. The van der Waals surface area contributed by atoms with E-state index in [1.54, 1.807) is 60.7 Å². The molecule has 2 aromatic carbocycles. The van der Waals surface area contributed by atoms with Gasteiger partial charge in [0.05, 0.1) is 24.3 Å². The topological polar surface area (TPSA) is 158 Å². The molecule has 2 aromatic rings. The van der Waals surface area contributed by atoms with Crippen LogP contribution in [0.2, 0.25) is 0 Å². The number of carbonyl (C=O) groups excluding carboxylic acids is 2. The number of aliphatic carboxylic acids is 2. The highest BCUT2D eigenvalue weighted by Gasteiger charge is 2.15. The van der Waals surface area contributed by atoms with Crippen molar-refractivity contribution >= 4 is 35.2 Å². The van der Waals surface area contributed by atoms with Crippen LogP contribution in [0.1, 0.15) is 36.8 Å². The first-order chi connectivity index (χ1) is 15.4. The zero-order valence-corrected chi connectivity index (χ0v) is 17.0. The van der Waals surface area contributed by atoms with E-state index in [9.17, 15) is 19.2 Å². The largest absolute Gasteiger partial charge is 0.481 e. The fourth-order valence-corrected chi connectivity index (χ4v) is 2.58. The Bertz CT molecular complexity index is 936. The van der Waals surface area contributed by atoms with Gasteiger partial charge in [0.2, 0.25) is 0 Å². The number of carboxylic acids is 2. The number of hydrogen-bond acceptors (Lipinski definition) is 6. The minimum atomic E-state index is -1.11. The van der Waals surface area contributed by atoms with Crippen molar-refractivity contribution in [3.05, 3.63) is 71.8 Å². The Balaban J connectivity index is 2.09. The van der Waals surface area contributed by atoms with Gasteiger partial charge in [-0.15, -0.1) is 0 Å². The third-order valence-corrected chi connectivity index (χ3v) is 4.16. The lowest BCUT2D eigenvalue weighted by Gasteiger charge is -2.07. The van der Waals surface area contributed by atoms with Crippen molar-refractivity contribution in [3.63, 3.8) is 0 Å². The third-order valence-electron chi connectivity index (χ3n) is 4.16. The van der Waals surface area contributed by atoms with Crippen molar-refractivity contribution in [1.29, 1.82) is 0 Å². The summed E-state index contributed by atoms with van der Waals surface area (Å²) in [7, 11) is 0. The number of hydrazone groups is 2. The monoisotopic (exact) mass is 438 g/mol. The Hall–Kier alpha value is -4.34. The molecule has 4 N–H and O–H groups in total. The summed E-state index contributed by atoms with van der Waals surface area (Å²) in [6, 6.07) is 17.3. The van der Waals surface area contributed by atoms with Gasteiger partial charge in [0.25, 0.3) is 0 Å². The molecular formula is C22H22N4O6. The van der Waals surface area contributed by atoms with E-state index in [1.807, 2.05) is 0 Å². The molecule has 0 aliphatic carbocycles. The molecular weight excluding hydrogens is 416 g/mol. The first-order valence-corrected chi connectivity index (χ1v) is 9.64. The molecule has 10 nitrogen and oxygen atoms in total. The number of hydrogen-bond donors (Lipinski definition) is 4. The van der Waals surface area contributed by atoms with Crippen molar-refractivity contribution in [1.82, 2.24) is 10.9 Å². The first kappa shape index (κ1) is 23.9. The van der Waals surface area contributed by atoms with E-state index in [0.29, 0.717) is 22.6 Å². The second kappa shape index (κ2) is 12.4. The lowest BCUT2D eigenvalue weighted by molar-refractivity contribution is -0.139. The quantitative estimate of drug-likeness (QED) is 0.251. The molecule has 0 heterocycles. The van der Waals surface area contributed by atoms with Gasteiger partial charge in [0, 0.05) is 12.8 Å². The fourth-order valence-electron chi connectivity index (χ4n) is 2.58. The van der Waals surface area contributed by atoms with Crippen molar-refractivity contribution < 1.29 is 29.4 Å². The summed E-state index contributed by atoms with van der Waals surface area (Å²) in [4.78, 5) is 46.0. The molecule has 0 atom stereocenters. The fraction of sp³-hybridized carbons (Fsp3) is 0.182. The molecule has 0 saturated heterocycles. The Kier molecular flexibility index (Phi) is 9.26. The van der Waals surface area contributed by atoms with E-state index in [0.717, 1.165) is 0 Å². The first-order valence-electron chi connectivity index (χ1n) is 9.64. The third kappa shape index (κ3) is 8.19. The number of amides is 2. The van der Waals surface area contributed by atoms with Crippen LogP contribution < -0.4 is 10.9 Å².